The minimum atomic E-state index is -0.703. The van der Waals surface area contributed by atoms with Crippen molar-refractivity contribution in [3.05, 3.63) is 0 Å². The van der Waals surface area contributed by atoms with Crippen LogP contribution in [0.5, 0.6) is 0 Å². The molecular weight excluding hydrogens is 222 g/mol. The van der Waals surface area contributed by atoms with E-state index in [2.05, 4.69) is 15.5 Å². The topological polar surface area (TPSA) is 81.7 Å². The Balaban J connectivity index is 3.74. The normalized spacial score (nSPS) is 12.3. The summed E-state index contributed by atoms with van der Waals surface area (Å²) in [5.41, 5.74) is 0. The predicted molar refractivity (Wildman–Crippen MR) is 65.5 cm³/mol. The molecule has 6 nitrogen and oxygen atoms in total. The summed E-state index contributed by atoms with van der Waals surface area (Å²) in [4.78, 5) is 24.7. The Labute approximate surface area is 102 Å². The average Bonchev–Trinajstić information content (AvgIpc) is 2.31. The molecule has 0 aromatic carbocycles. The van der Waals surface area contributed by atoms with Crippen LogP contribution in [0.1, 0.15) is 20.8 Å². The van der Waals surface area contributed by atoms with Crippen LogP contribution in [0, 0.1) is 0 Å². The van der Waals surface area contributed by atoms with Gasteiger partial charge < -0.3 is 20.6 Å². The maximum absolute atomic E-state index is 11.3. The van der Waals surface area contributed by atoms with Crippen LogP contribution in [0.15, 0.2) is 0 Å². The molecule has 0 heterocycles. The van der Waals surface area contributed by atoms with E-state index in [4.69, 9.17) is 5.11 Å². The zero-order valence-electron chi connectivity index (χ0n) is 10.8. The third-order valence-electron chi connectivity index (χ3n) is 2.37. The first-order chi connectivity index (χ1) is 8.01. The molecule has 3 N–H and O–H groups in total. The third-order valence-corrected chi connectivity index (χ3v) is 2.37. The van der Waals surface area contributed by atoms with Crippen molar-refractivity contribution in [2.75, 3.05) is 32.7 Å². The van der Waals surface area contributed by atoms with Crippen molar-refractivity contribution < 1.29 is 14.7 Å². The van der Waals surface area contributed by atoms with Gasteiger partial charge in [-0.3, -0.25) is 9.59 Å². The highest BCUT2D eigenvalue weighted by Crippen LogP contribution is 1.84. The number of likely N-dealkylation sites (N-methyl/N-ethyl adjacent to an activating group) is 1. The Bertz CT molecular complexity index is 240. The molecule has 0 aliphatic rings. The van der Waals surface area contributed by atoms with E-state index in [0.29, 0.717) is 6.54 Å². The van der Waals surface area contributed by atoms with Crippen molar-refractivity contribution >= 4 is 11.8 Å². The second-order valence-electron chi connectivity index (χ2n) is 3.84. The number of nitrogens with one attached hydrogen (secondary N) is 2. The summed E-state index contributed by atoms with van der Waals surface area (Å²) in [5.74, 6) is -1.36. The smallest absolute Gasteiger partial charge is 0.309 e. The minimum absolute atomic E-state index is 0.0856. The van der Waals surface area contributed by atoms with Gasteiger partial charge in [0.05, 0.1) is 6.10 Å². The first-order valence-corrected chi connectivity index (χ1v) is 5.97. The van der Waals surface area contributed by atoms with E-state index in [1.165, 1.54) is 0 Å². The lowest BCUT2D eigenvalue weighted by molar-refractivity contribution is -0.139. The summed E-state index contributed by atoms with van der Waals surface area (Å²) in [7, 11) is 0. The van der Waals surface area contributed by atoms with E-state index in [0.717, 1.165) is 19.6 Å². The molecule has 1 atom stereocenters. The molecule has 0 aromatic heterocycles. The summed E-state index contributed by atoms with van der Waals surface area (Å²) >= 11 is 0. The van der Waals surface area contributed by atoms with Gasteiger partial charge >= 0.3 is 11.8 Å². The maximum Gasteiger partial charge on any atom is 0.309 e. The molecule has 0 radical (unpaired) electrons. The van der Waals surface area contributed by atoms with Gasteiger partial charge in [-0.25, -0.2) is 0 Å². The Kier molecular flexibility index (Phi) is 8.35. The van der Waals surface area contributed by atoms with Crippen LogP contribution in [0.3, 0.4) is 0 Å². The van der Waals surface area contributed by atoms with Crippen LogP contribution in [0.2, 0.25) is 0 Å². The molecule has 0 fully saturated rings. The van der Waals surface area contributed by atoms with Gasteiger partial charge in [0.15, 0.2) is 0 Å². The van der Waals surface area contributed by atoms with Crippen LogP contribution in [-0.4, -0.2) is 60.6 Å². The third kappa shape index (κ3) is 7.70. The zero-order chi connectivity index (χ0) is 13.3. The van der Waals surface area contributed by atoms with Gasteiger partial charge in [-0.2, -0.15) is 0 Å². The van der Waals surface area contributed by atoms with E-state index in [-0.39, 0.29) is 6.54 Å². The molecule has 100 valence electrons. The fourth-order valence-corrected chi connectivity index (χ4v) is 1.27. The standard InChI is InChI=1S/C11H23N3O3/c1-4-14(5-2)7-6-12-10(16)11(17)13-8-9(3)15/h9,15H,4-8H2,1-3H3,(H,12,16)(H,13,17). The number of hydrogen-bond acceptors (Lipinski definition) is 4. The fourth-order valence-electron chi connectivity index (χ4n) is 1.27. The van der Waals surface area contributed by atoms with Gasteiger partial charge in [0.25, 0.3) is 0 Å². The molecule has 0 aliphatic heterocycles. The monoisotopic (exact) mass is 245 g/mol. The van der Waals surface area contributed by atoms with Gasteiger partial charge in [-0.05, 0) is 20.0 Å². The van der Waals surface area contributed by atoms with Gasteiger partial charge in [-0.15, -0.1) is 0 Å². The average molecular weight is 245 g/mol. The minimum Gasteiger partial charge on any atom is -0.392 e. The van der Waals surface area contributed by atoms with Crippen molar-refractivity contribution in [3.8, 4) is 0 Å². The molecule has 0 aromatic rings. The van der Waals surface area contributed by atoms with E-state index < -0.39 is 17.9 Å². The van der Waals surface area contributed by atoms with Crippen LogP contribution in [0.25, 0.3) is 0 Å². The van der Waals surface area contributed by atoms with E-state index in [1.54, 1.807) is 6.92 Å². The van der Waals surface area contributed by atoms with Crippen LogP contribution >= 0.6 is 0 Å². The van der Waals surface area contributed by atoms with Crippen LogP contribution < -0.4 is 10.6 Å². The molecule has 6 heteroatoms. The van der Waals surface area contributed by atoms with Crippen LogP contribution in [-0.2, 0) is 9.59 Å². The lowest BCUT2D eigenvalue weighted by Gasteiger charge is -2.17. The summed E-state index contributed by atoms with van der Waals surface area (Å²) in [6.07, 6.45) is -0.651. The summed E-state index contributed by atoms with van der Waals surface area (Å²) in [6, 6.07) is 0. The molecule has 17 heavy (non-hydrogen) atoms. The maximum atomic E-state index is 11.3. The fraction of sp³-hybridized carbons (Fsp3) is 0.818. The van der Waals surface area contributed by atoms with E-state index in [9.17, 15) is 9.59 Å². The SMILES string of the molecule is CCN(CC)CCNC(=O)C(=O)NCC(C)O. The Morgan fingerprint density at radius 1 is 1.18 bits per heavy atom. The van der Waals surface area contributed by atoms with E-state index in [1.807, 2.05) is 13.8 Å². The Morgan fingerprint density at radius 2 is 1.71 bits per heavy atom. The lowest BCUT2D eigenvalue weighted by Crippen LogP contribution is -2.44. The molecule has 0 rings (SSSR count). The number of aliphatic hydroxyl groups is 1. The molecule has 0 bridgehead atoms. The van der Waals surface area contributed by atoms with Crippen LogP contribution in [0.4, 0.5) is 0 Å². The van der Waals surface area contributed by atoms with Gasteiger partial charge in [-0.1, -0.05) is 13.8 Å². The number of carbonyl (C=O) groups excluding carboxylic acids is 2. The van der Waals surface area contributed by atoms with Crippen molar-refractivity contribution in [3.63, 3.8) is 0 Å². The molecule has 0 saturated heterocycles. The highest BCUT2D eigenvalue weighted by atomic mass is 16.3. The van der Waals surface area contributed by atoms with Crippen molar-refractivity contribution in [1.29, 1.82) is 0 Å². The predicted octanol–water partition coefficient (Wildman–Crippen LogP) is -1.06. The second kappa shape index (κ2) is 8.95. The first-order valence-electron chi connectivity index (χ1n) is 5.97. The number of carbonyl (C=O) groups is 2. The summed E-state index contributed by atoms with van der Waals surface area (Å²) in [6.45, 7) is 8.72. The lowest BCUT2D eigenvalue weighted by atomic mass is 10.4. The number of hydrogen-bond donors (Lipinski definition) is 3. The molecule has 0 saturated carbocycles. The molecule has 1 unspecified atom stereocenters. The van der Waals surface area contributed by atoms with Crippen molar-refractivity contribution in [2.24, 2.45) is 0 Å². The molecular formula is C11H23N3O3. The highest BCUT2D eigenvalue weighted by molar-refractivity contribution is 6.35. The number of nitrogens with zero attached hydrogens (tertiary/aromatic N) is 1. The number of aliphatic hydroxyl groups excluding tert-OH is 1. The number of rotatable bonds is 7. The summed E-state index contributed by atoms with van der Waals surface area (Å²) in [5, 5.41) is 13.8. The van der Waals surface area contributed by atoms with Gasteiger partial charge in [0.2, 0.25) is 0 Å². The molecule has 2 amide bonds. The van der Waals surface area contributed by atoms with E-state index >= 15 is 0 Å². The number of amides is 2. The highest BCUT2D eigenvalue weighted by Gasteiger charge is 2.13. The largest absolute Gasteiger partial charge is 0.392 e. The summed E-state index contributed by atoms with van der Waals surface area (Å²) < 4.78 is 0. The zero-order valence-corrected chi connectivity index (χ0v) is 10.8. The first kappa shape index (κ1) is 15.9. The Hall–Kier alpha value is -1.14. The van der Waals surface area contributed by atoms with Crippen molar-refractivity contribution in [1.82, 2.24) is 15.5 Å². The quantitative estimate of drug-likeness (QED) is 0.499. The Morgan fingerprint density at radius 3 is 2.18 bits per heavy atom. The molecule has 0 aliphatic carbocycles. The van der Waals surface area contributed by atoms with Gasteiger partial charge in [0, 0.05) is 19.6 Å². The second-order valence-corrected chi connectivity index (χ2v) is 3.84. The van der Waals surface area contributed by atoms with Crippen molar-refractivity contribution in [2.45, 2.75) is 26.9 Å². The molecule has 0 spiro atoms. The van der Waals surface area contributed by atoms with Gasteiger partial charge in [0.1, 0.15) is 0 Å².